The molecular formula is C29H23ClF2N4O2. The van der Waals surface area contributed by atoms with E-state index in [-0.39, 0.29) is 6.42 Å². The number of halogens is 3. The van der Waals surface area contributed by atoms with Gasteiger partial charge in [0.05, 0.1) is 30.2 Å². The normalized spacial score (nSPS) is 18.4. The van der Waals surface area contributed by atoms with E-state index in [1.54, 1.807) is 13.0 Å². The molecular weight excluding hydrogens is 510 g/mol. The van der Waals surface area contributed by atoms with E-state index < -0.39 is 42.8 Å². The molecule has 192 valence electrons. The Balaban J connectivity index is 1.40. The number of pyridine rings is 1. The number of nitriles is 1. The topological polar surface area (TPSA) is 86.1 Å². The molecule has 1 aliphatic heterocycles. The van der Waals surface area contributed by atoms with Crippen LogP contribution in [0.25, 0.3) is 32.8 Å². The molecule has 1 aromatic heterocycles. The lowest BCUT2D eigenvalue weighted by atomic mass is 9.94. The monoisotopic (exact) mass is 532 g/mol. The van der Waals surface area contributed by atoms with Crippen LogP contribution in [-0.4, -0.2) is 46.2 Å². The molecule has 1 saturated heterocycles. The van der Waals surface area contributed by atoms with Crippen LogP contribution in [0.3, 0.4) is 0 Å². The summed E-state index contributed by atoms with van der Waals surface area (Å²) in [5.41, 5.74) is 1.11. The van der Waals surface area contributed by atoms with Crippen LogP contribution in [0.2, 0.25) is 5.02 Å². The van der Waals surface area contributed by atoms with E-state index >= 15 is 0 Å². The number of rotatable bonds is 5. The Hall–Kier alpha value is -4.09. The van der Waals surface area contributed by atoms with Crippen molar-refractivity contribution in [1.82, 2.24) is 15.2 Å². The fourth-order valence-corrected chi connectivity index (χ4v) is 5.23. The number of hydrogen-bond acceptors (Lipinski definition) is 4. The van der Waals surface area contributed by atoms with E-state index in [2.05, 4.69) is 10.3 Å². The average Bonchev–Trinajstić information content (AvgIpc) is 3.21. The minimum atomic E-state index is -3.15. The Labute approximate surface area is 222 Å². The highest BCUT2D eigenvalue weighted by Crippen LogP contribution is 2.41. The van der Waals surface area contributed by atoms with Gasteiger partial charge in [-0.15, -0.1) is 0 Å². The van der Waals surface area contributed by atoms with Gasteiger partial charge in [0.2, 0.25) is 5.91 Å². The van der Waals surface area contributed by atoms with Crippen molar-refractivity contribution in [2.75, 3.05) is 13.1 Å². The third kappa shape index (κ3) is 4.66. The summed E-state index contributed by atoms with van der Waals surface area (Å²) in [5.74, 6) is -4.42. The zero-order valence-electron chi connectivity index (χ0n) is 20.5. The molecule has 6 nitrogen and oxygen atoms in total. The van der Waals surface area contributed by atoms with E-state index in [0.717, 1.165) is 26.8 Å². The fraction of sp³-hybridized carbons (Fsp3) is 0.241. The van der Waals surface area contributed by atoms with Gasteiger partial charge in [0.15, 0.2) is 0 Å². The highest BCUT2D eigenvalue weighted by atomic mass is 35.5. The molecule has 1 N–H and O–H groups in total. The lowest BCUT2D eigenvalue weighted by Crippen LogP contribution is -2.49. The molecule has 1 aliphatic rings. The fourth-order valence-electron chi connectivity index (χ4n) is 5.05. The molecule has 2 amide bonds. The van der Waals surface area contributed by atoms with Gasteiger partial charge in [-0.25, -0.2) is 8.78 Å². The lowest BCUT2D eigenvalue weighted by molar-refractivity contribution is -0.133. The Morgan fingerprint density at radius 2 is 1.79 bits per heavy atom. The molecule has 2 heterocycles. The van der Waals surface area contributed by atoms with Gasteiger partial charge >= 0.3 is 0 Å². The van der Waals surface area contributed by atoms with Gasteiger partial charge in [-0.1, -0.05) is 42.8 Å². The van der Waals surface area contributed by atoms with E-state index in [4.69, 9.17) is 11.6 Å². The maximum atomic E-state index is 14.1. The number of alkyl halides is 2. The Morgan fingerprint density at radius 1 is 1.08 bits per heavy atom. The minimum Gasteiger partial charge on any atom is -0.343 e. The lowest BCUT2D eigenvalue weighted by Gasteiger charge is -2.30. The van der Waals surface area contributed by atoms with Crippen molar-refractivity contribution in [3.05, 3.63) is 77.4 Å². The Morgan fingerprint density at radius 3 is 2.55 bits per heavy atom. The summed E-state index contributed by atoms with van der Waals surface area (Å²) < 4.78 is 28.2. The summed E-state index contributed by atoms with van der Waals surface area (Å²) in [6, 6.07) is 20.6. The van der Waals surface area contributed by atoms with Crippen LogP contribution in [0.15, 0.2) is 66.9 Å². The van der Waals surface area contributed by atoms with Crippen LogP contribution in [0.1, 0.15) is 30.1 Å². The number of fused-ring (bicyclic) bond motifs is 2. The second-order valence-corrected chi connectivity index (χ2v) is 9.93. The first-order valence-electron chi connectivity index (χ1n) is 12.1. The van der Waals surface area contributed by atoms with Crippen molar-refractivity contribution in [3.63, 3.8) is 0 Å². The van der Waals surface area contributed by atoms with Crippen LogP contribution < -0.4 is 5.32 Å². The number of nitrogens with one attached hydrogen (secondary N) is 1. The molecule has 0 spiro atoms. The maximum absolute atomic E-state index is 14.1. The number of amides is 2. The highest BCUT2D eigenvalue weighted by molar-refractivity contribution is 6.31. The first-order chi connectivity index (χ1) is 18.1. The number of hydrogen-bond donors (Lipinski definition) is 1. The standard InChI is InChI=1S/C29H23ClF2N4O2/c1-2-28(16-33)15-29(31,32)17-36(28)26(37)14-35-27(38)23-9-10-34-25-8-6-21(13-24(23)25)18-3-4-20-12-22(30)7-5-19(20)11-18/h3-13H,2,14-15,17H2,1H3,(H,35,38)/t28-/m0/s1. The van der Waals surface area contributed by atoms with Crippen LogP contribution in [0.4, 0.5) is 8.78 Å². The first-order valence-corrected chi connectivity index (χ1v) is 12.5. The number of carbonyl (C=O) groups excluding carboxylic acids is 2. The van der Waals surface area contributed by atoms with E-state index in [1.165, 1.54) is 6.20 Å². The third-order valence-corrected chi connectivity index (χ3v) is 7.31. The quantitative estimate of drug-likeness (QED) is 0.343. The maximum Gasteiger partial charge on any atom is 0.268 e. The van der Waals surface area contributed by atoms with Crippen molar-refractivity contribution in [3.8, 4) is 17.2 Å². The van der Waals surface area contributed by atoms with Gasteiger partial charge in [0.25, 0.3) is 11.8 Å². The molecule has 3 aromatic carbocycles. The minimum absolute atomic E-state index is 0.0678. The van der Waals surface area contributed by atoms with Crippen molar-refractivity contribution in [2.45, 2.75) is 31.2 Å². The number of carbonyl (C=O) groups is 2. The predicted octanol–water partition coefficient (Wildman–Crippen LogP) is 5.98. The Bertz CT molecular complexity index is 1630. The predicted molar refractivity (Wildman–Crippen MR) is 142 cm³/mol. The van der Waals surface area contributed by atoms with E-state index in [1.807, 2.05) is 60.7 Å². The zero-order valence-corrected chi connectivity index (χ0v) is 21.2. The molecule has 0 bridgehead atoms. The summed E-state index contributed by atoms with van der Waals surface area (Å²) in [5, 5.41) is 15.4. The number of likely N-dealkylation sites (tertiary alicyclic amines) is 1. The van der Waals surface area contributed by atoms with Gasteiger partial charge in [0, 0.05) is 23.0 Å². The van der Waals surface area contributed by atoms with Gasteiger partial charge < -0.3 is 10.2 Å². The smallest absolute Gasteiger partial charge is 0.268 e. The molecule has 0 aliphatic carbocycles. The average molecular weight is 533 g/mol. The SMILES string of the molecule is CC[C@@]1(C#N)CC(F)(F)CN1C(=O)CNC(=O)c1ccnc2ccc(-c3ccc4cc(Cl)ccc4c3)cc12. The van der Waals surface area contributed by atoms with Gasteiger partial charge in [-0.05, 0) is 64.7 Å². The van der Waals surface area contributed by atoms with Crippen molar-refractivity contribution in [1.29, 1.82) is 5.26 Å². The first kappa shape index (κ1) is 25.6. The zero-order chi connectivity index (χ0) is 27.1. The Kier molecular flexibility index (Phi) is 6.49. The van der Waals surface area contributed by atoms with Crippen LogP contribution in [-0.2, 0) is 4.79 Å². The summed E-state index contributed by atoms with van der Waals surface area (Å²) >= 11 is 6.10. The molecule has 4 aromatic rings. The summed E-state index contributed by atoms with van der Waals surface area (Å²) in [6.45, 7) is 0.243. The molecule has 0 saturated carbocycles. The molecule has 9 heteroatoms. The number of benzene rings is 3. The van der Waals surface area contributed by atoms with Gasteiger partial charge in [-0.2, -0.15) is 5.26 Å². The van der Waals surface area contributed by atoms with Gasteiger partial charge in [0.1, 0.15) is 5.54 Å². The second kappa shape index (κ2) is 9.66. The van der Waals surface area contributed by atoms with Crippen molar-refractivity contribution in [2.24, 2.45) is 0 Å². The molecule has 0 radical (unpaired) electrons. The number of nitrogens with zero attached hydrogens (tertiary/aromatic N) is 3. The largest absolute Gasteiger partial charge is 0.343 e. The van der Waals surface area contributed by atoms with Crippen molar-refractivity contribution >= 4 is 45.1 Å². The van der Waals surface area contributed by atoms with E-state index in [0.29, 0.717) is 21.5 Å². The molecule has 5 rings (SSSR count). The highest BCUT2D eigenvalue weighted by Gasteiger charge is 2.56. The van der Waals surface area contributed by atoms with Crippen LogP contribution >= 0.6 is 11.6 Å². The van der Waals surface area contributed by atoms with Crippen LogP contribution in [0.5, 0.6) is 0 Å². The summed E-state index contributed by atoms with van der Waals surface area (Å²) in [6.07, 6.45) is 0.849. The number of aromatic nitrogens is 1. The molecule has 1 atom stereocenters. The van der Waals surface area contributed by atoms with Crippen molar-refractivity contribution < 1.29 is 18.4 Å². The van der Waals surface area contributed by atoms with Gasteiger partial charge in [-0.3, -0.25) is 14.6 Å². The second-order valence-electron chi connectivity index (χ2n) is 9.49. The van der Waals surface area contributed by atoms with Crippen LogP contribution in [0, 0.1) is 11.3 Å². The molecule has 38 heavy (non-hydrogen) atoms. The molecule has 0 unspecified atom stereocenters. The third-order valence-electron chi connectivity index (χ3n) is 7.07. The summed E-state index contributed by atoms with van der Waals surface area (Å²) in [4.78, 5) is 31.2. The summed E-state index contributed by atoms with van der Waals surface area (Å²) in [7, 11) is 0. The van der Waals surface area contributed by atoms with E-state index in [9.17, 15) is 23.6 Å². The molecule has 1 fully saturated rings.